The third kappa shape index (κ3) is 4.66. The van der Waals surface area contributed by atoms with Gasteiger partial charge >= 0.3 is 0 Å². The van der Waals surface area contributed by atoms with Gasteiger partial charge in [-0.25, -0.2) is 4.98 Å². The molecule has 10 rings (SSSR count). The van der Waals surface area contributed by atoms with E-state index in [4.69, 9.17) is 4.98 Å². The summed E-state index contributed by atoms with van der Waals surface area (Å²) in [6, 6.07) is 45.0. The Hall–Kier alpha value is -5.73. The third-order valence-electron chi connectivity index (χ3n) is 10.9. The number of fused-ring (bicyclic) bond motifs is 7. The van der Waals surface area contributed by atoms with Gasteiger partial charge in [0.15, 0.2) is 0 Å². The zero-order valence-corrected chi connectivity index (χ0v) is 27.4. The van der Waals surface area contributed by atoms with Crippen molar-refractivity contribution < 1.29 is 0 Å². The van der Waals surface area contributed by atoms with Crippen LogP contribution in [-0.4, -0.2) is 9.55 Å². The van der Waals surface area contributed by atoms with Gasteiger partial charge < -0.3 is 0 Å². The molecule has 0 bridgehead atoms. The first-order chi connectivity index (χ1) is 24.3. The minimum absolute atomic E-state index is 0.383. The number of allylic oxidation sites excluding steroid dienone is 4. The molecule has 2 aromatic heterocycles. The number of para-hydroxylation sites is 1. The minimum Gasteiger partial charge on any atom is -0.294 e. The number of benzene rings is 5. The standard InChI is InChI=1S/C47H36N2/c1-3-13-31(14-4-1)27-42-36-18-8-7-17-35(36)37-25-24-34(28-43(37)42)41-30-47(48-44-21-11-9-19-38(41)44)49-45-22-12-10-20-39(45)40-26-23-33(29-46(40)49)32-15-5-2-6-16-32/h1-8,10,12-13,15-26,28-31,42H,9,11,14,27H2. The van der Waals surface area contributed by atoms with Crippen molar-refractivity contribution in [2.75, 3.05) is 0 Å². The van der Waals surface area contributed by atoms with Crippen LogP contribution in [-0.2, 0) is 0 Å². The zero-order valence-electron chi connectivity index (χ0n) is 27.4. The summed E-state index contributed by atoms with van der Waals surface area (Å²) < 4.78 is 2.39. The van der Waals surface area contributed by atoms with E-state index in [9.17, 15) is 0 Å². The molecule has 0 aliphatic heterocycles. The fourth-order valence-corrected chi connectivity index (χ4v) is 8.60. The maximum Gasteiger partial charge on any atom is 0.138 e. The van der Waals surface area contributed by atoms with Crippen molar-refractivity contribution in [3.8, 4) is 39.2 Å². The van der Waals surface area contributed by atoms with E-state index < -0.39 is 0 Å². The van der Waals surface area contributed by atoms with Crippen LogP contribution in [0.25, 0.3) is 73.2 Å². The molecule has 3 aliphatic carbocycles. The fourth-order valence-electron chi connectivity index (χ4n) is 8.60. The van der Waals surface area contributed by atoms with Crippen molar-refractivity contribution in [1.82, 2.24) is 9.55 Å². The van der Waals surface area contributed by atoms with Crippen molar-refractivity contribution in [2.45, 2.75) is 31.6 Å². The lowest BCUT2D eigenvalue weighted by atomic mass is 9.83. The van der Waals surface area contributed by atoms with Crippen LogP contribution in [0.2, 0.25) is 0 Å². The average molecular weight is 629 g/mol. The molecule has 49 heavy (non-hydrogen) atoms. The molecule has 0 N–H and O–H groups in total. The summed E-state index contributed by atoms with van der Waals surface area (Å²) in [5, 5.41) is 4.84. The summed E-state index contributed by atoms with van der Waals surface area (Å²) >= 11 is 0. The third-order valence-corrected chi connectivity index (χ3v) is 10.9. The molecule has 7 aromatic rings. The van der Waals surface area contributed by atoms with Crippen LogP contribution in [0.4, 0.5) is 0 Å². The van der Waals surface area contributed by atoms with Gasteiger partial charge in [0.05, 0.1) is 16.4 Å². The van der Waals surface area contributed by atoms with E-state index in [0.29, 0.717) is 11.8 Å². The van der Waals surface area contributed by atoms with Gasteiger partial charge in [-0.05, 0) is 100 Å². The molecular formula is C47H36N2. The summed E-state index contributed by atoms with van der Waals surface area (Å²) in [6.07, 6.45) is 18.1. The molecule has 0 radical (unpaired) electrons. The molecule has 0 fully saturated rings. The summed E-state index contributed by atoms with van der Waals surface area (Å²) in [4.78, 5) is 5.40. The highest BCUT2D eigenvalue weighted by atomic mass is 15.1. The fraction of sp³-hybridized carbons (Fsp3) is 0.128. The number of aromatic nitrogens is 2. The van der Waals surface area contributed by atoms with E-state index in [1.807, 2.05) is 0 Å². The lowest BCUT2D eigenvalue weighted by Gasteiger charge is -2.21. The van der Waals surface area contributed by atoms with Gasteiger partial charge in [0, 0.05) is 21.9 Å². The molecule has 2 atom stereocenters. The number of nitrogens with zero attached hydrogens (tertiary/aromatic N) is 2. The lowest BCUT2D eigenvalue weighted by Crippen LogP contribution is -2.33. The minimum atomic E-state index is 0.383. The highest BCUT2D eigenvalue weighted by molar-refractivity contribution is 6.10. The largest absolute Gasteiger partial charge is 0.294 e. The summed E-state index contributed by atoms with van der Waals surface area (Å²) in [5.74, 6) is 1.90. The Morgan fingerprint density at radius 3 is 2.31 bits per heavy atom. The Bertz CT molecular complexity index is 2620. The van der Waals surface area contributed by atoms with Crippen LogP contribution in [0.5, 0.6) is 0 Å². The van der Waals surface area contributed by atoms with Gasteiger partial charge in [-0.2, -0.15) is 0 Å². The van der Waals surface area contributed by atoms with E-state index in [0.717, 1.165) is 36.9 Å². The van der Waals surface area contributed by atoms with E-state index in [-0.39, 0.29) is 0 Å². The molecule has 2 unspecified atom stereocenters. The van der Waals surface area contributed by atoms with E-state index in [1.165, 1.54) is 71.5 Å². The number of hydrogen-bond donors (Lipinski definition) is 0. The number of hydrogen-bond acceptors (Lipinski definition) is 1. The van der Waals surface area contributed by atoms with Crippen molar-refractivity contribution in [1.29, 1.82) is 0 Å². The van der Waals surface area contributed by atoms with E-state index in [2.05, 4.69) is 162 Å². The second kappa shape index (κ2) is 11.5. The SMILES string of the molecule is C1=CCC(CC2c3ccccc3-c3ccc(-c4cc(-n5c6ccccc6c6ccc(-c7ccccc7)cc65)nc5c4=CCCC=5)cc32)C=C1. The highest BCUT2D eigenvalue weighted by Crippen LogP contribution is 2.49. The summed E-state index contributed by atoms with van der Waals surface area (Å²) in [5.41, 5.74) is 13.0. The van der Waals surface area contributed by atoms with E-state index >= 15 is 0 Å². The van der Waals surface area contributed by atoms with Crippen molar-refractivity contribution in [2.24, 2.45) is 5.92 Å². The molecule has 2 heterocycles. The van der Waals surface area contributed by atoms with Crippen LogP contribution >= 0.6 is 0 Å². The molecule has 2 nitrogen and oxygen atoms in total. The van der Waals surface area contributed by atoms with Gasteiger partial charge in [0.25, 0.3) is 0 Å². The second-order valence-electron chi connectivity index (χ2n) is 13.7. The van der Waals surface area contributed by atoms with Crippen LogP contribution in [0.15, 0.2) is 146 Å². The Kier molecular flexibility index (Phi) is 6.62. The monoisotopic (exact) mass is 628 g/mol. The van der Waals surface area contributed by atoms with Crippen molar-refractivity contribution in [3.63, 3.8) is 0 Å². The molecule has 0 amide bonds. The Labute approximate surface area is 286 Å². The number of rotatable bonds is 5. The lowest BCUT2D eigenvalue weighted by molar-refractivity contribution is 0.555. The highest BCUT2D eigenvalue weighted by Gasteiger charge is 2.30. The smallest absolute Gasteiger partial charge is 0.138 e. The molecule has 0 spiro atoms. The molecule has 5 aromatic carbocycles. The van der Waals surface area contributed by atoms with Gasteiger partial charge in [0.1, 0.15) is 5.82 Å². The van der Waals surface area contributed by atoms with Crippen LogP contribution in [0.3, 0.4) is 0 Å². The normalized spacial score (nSPS) is 17.4. The zero-order chi connectivity index (χ0) is 32.3. The maximum absolute atomic E-state index is 5.40. The van der Waals surface area contributed by atoms with E-state index in [1.54, 1.807) is 0 Å². The molecular weight excluding hydrogens is 593 g/mol. The Morgan fingerprint density at radius 1 is 0.592 bits per heavy atom. The van der Waals surface area contributed by atoms with Crippen LogP contribution in [0, 0.1) is 5.92 Å². The molecule has 3 aliphatic rings. The Morgan fingerprint density at radius 2 is 1.39 bits per heavy atom. The van der Waals surface area contributed by atoms with Gasteiger partial charge in [0.2, 0.25) is 0 Å². The molecule has 0 saturated carbocycles. The summed E-state index contributed by atoms with van der Waals surface area (Å²) in [6.45, 7) is 0. The molecule has 0 saturated heterocycles. The first-order valence-corrected chi connectivity index (χ1v) is 17.7. The van der Waals surface area contributed by atoms with Crippen LogP contribution < -0.4 is 10.6 Å². The maximum atomic E-state index is 5.40. The topological polar surface area (TPSA) is 17.8 Å². The van der Waals surface area contributed by atoms with Gasteiger partial charge in [-0.3, -0.25) is 4.57 Å². The first kappa shape index (κ1) is 28.3. The predicted molar refractivity (Wildman–Crippen MR) is 205 cm³/mol. The predicted octanol–water partition coefficient (Wildman–Crippen LogP) is 10.5. The van der Waals surface area contributed by atoms with Gasteiger partial charge in [-0.1, -0.05) is 134 Å². The molecule has 2 heteroatoms. The average Bonchev–Trinajstić information content (AvgIpc) is 3.67. The van der Waals surface area contributed by atoms with Crippen molar-refractivity contribution in [3.05, 3.63) is 167 Å². The second-order valence-corrected chi connectivity index (χ2v) is 13.7. The first-order valence-electron chi connectivity index (χ1n) is 17.7. The Balaban J connectivity index is 1.18. The van der Waals surface area contributed by atoms with Crippen molar-refractivity contribution >= 4 is 34.0 Å². The number of pyridine rings is 1. The summed E-state index contributed by atoms with van der Waals surface area (Å²) in [7, 11) is 0. The molecule has 234 valence electrons. The van der Waals surface area contributed by atoms with Gasteiger partial charge in [-0.15, -0.1) is 0 Å². The van der Waals surface area contributed by atoms with Crippen LogP contribution in [0.1, 0.15) is 42.7 Å². The quantitative estimate of drug-likeness (QED) is 0.185.